The molecule has 1 aromatic carbocycles. The lowest BCUT2D eigenvalue weighted by Crippen LogP contribution is -2.34. The molecule has 1 atom stereocenters. The van der Waals surface area contributed by atoms with Gasteiger partial charge in [0.15, 0.2) is 0 Å². The summed E-state index contributed by atoms with van der Waals surface area (Å²) >= 11 is 0. The number of hydrogen-bond acceptors (Lipinski definition) is 3. The fourth-order valence-corrected chi connectivity index (χ4v) is 2.93. The molecule has 22 heavy (non-hydrogen) atoms. The molecule has 1 heterocycles. The van der Waals surface area contributed by atoms with Gasteiger partial charge in [-0.3, -0.25) is 4.79 Å². The third-order valence-electron chi connectivity index (χ3n) is 4.38. The van der Waals surface area contributed by atoms with Gasteiger partial charge in [-0.25, -0.2) is 0 Å². The fourth-order valence-electron chi connectivity index (χ4n) is 2.93. The van der Waals surface area contributed by atoms with E-state index in [-0.39, 0.29) is 11.9 Å². The normalized spacial score (nSPS) is 18.0. The minimum Gasteiger partial charge on any atom is -0.494 e. The Hall–Kier alpha value is -1.55. The van der Waals surface area contributed by atoms with Gasteiger partial charge in [-0.2, -0.15) is 0 Å². The smallest absolute Gasteiger partial charge is 0.220 e. The van der Waals surface area contributed by atoms with E-state index in [0.29, 0.717) is 18.9 Å². The third kappa shape index (κ3) is 5.02. The fraction of sp³-hybridized carbons (Fsp3) is 0.611. The minimum absolute atomic E-state index is 0.0365. The van der Waals surface area contributed by atoms with Crippen LogP contribution in [0.4, 0.5) is 0 Å². The predicted octanol–water partition coefficient (Wildman–Crippen LogP) is 2.99. The summed E-state index contributed by atoms with van der Waals surface area (Å²) in [6, 6.07) is 7.99. The molecule has 0 aliphatic carbocycles. The summed E-state index contributed by atoms with van der Waals surface area (Å²) in [5, 5.41) is 3.11. The first-order chi connectivity index (χ1) is 10.6. The van der Waals surface area contributed by atoms with Gasteiger partial charge in [0.2, 0.25) is 5.91 Å². The van der Waals surface area contributed by atoms with Crippen molar-refractivity contribution in [3.8, 4) is 5.75 Å². The highest BCUT2D eigenvalue weighted by Crippen LogP contribution is 2.21. The molecule has 0 radical (unpaired) electrons. The van der Waals surface area contributed by atoms with Crippen molar-refractivity contribution in [2.75, 3.05) is 26.7 Å². The number of carbonyl (C=O) groups is 1. The number of nitrogens with one attached hydrogen (secondary N) is 1. The van der Waals surface area contributed by atoms with Crippen LogP contribution in [0.5, 0.6) is 5.75 Å². The van der Waals surface area contributed by atoms with E-state index in [9.17, 15) is 4.79 Å². The van der Waals surface area contributed by atoms with Crippen molar-refractivity contribution in [2.24, 2.45) is 5.92 Å². The number of piperidine rings is 1. The van der Waals surface area contributed by atoms with Crippen molar-refractivity contribution in [1.29, 1.82) is 0 Å². The van der Waals surface area contributed by atoms with Gasteiger partial charge in [-0.15, -0.1) is 0 Å². The highest BCUT2D eigenvalue weighted by molar-refractivity contribution is 5.76. The molecule has 0 aromatic heterocycles. The molecule has 4 heteroatoms. The molecule has 122 valence electrons. The van der Waals surface area contributed by atoms with E-state index in [2.05, 4.69) is 17.3 Å². The van der Waals surface area contributed by atoms with Gasteiger partial charge in [-0.1, -0.05) is 12.1 Å². The molecule has 1 fully saturated rings. The predicted molar refractivity (Wildman–Crippen MR) is 89.0 cm³/mol. The van der Waals surface area contributed by atoms with Crippen molar-refractivity contribution >= 4 is 5.91 Å². The topological polar surface area (TPSA) is 41.6 Å². The zero-order chi connectivity index (χ0) is 15.9. The molecule has 1 aromatic rings. The second-order valence-electron chi connectivity index (χ2n) is 6.24. The van der Waals surface area contributed by atoms with Crippen molar-refractivity contribution in [1.82, 2.24) is 10.2 Å². The summed E-state index contributed by atoms with van der Waals surface area (Å²) in [6.07, 6.45) is 2.90. The van der Waals surface area contributed by atoms with E-state index in [1.54, 1.807) is 0 Å². The number of carbonyl (C=O) groups excluding carboxylic acids is 1. The number of ether oxygens (including phenoxy) is 1. The Morgan fingerprint density at radius 3 is 2.55 bits per heavy atom. The van der Waals surface area contributed by atoms with Gasteiger partial charge in [0, 0.05) is 6.42 Å². The monoisotopic (exact) mass is 304 g/mol. The molecule has 1 aliphatic heterocycles. The molecule has 1 amide bonds. The van der Waals surface area contributed by atoms with Crippen LogP contribution in [0.2, 0.25) is 0 Å². The van der Waals surface area contributed by atoms with E-state index in [0.717, 1.165) is 37.2 Å². The minimum atomic E-state index is 0.0365. The van der Waals surface area contributed by atoms with Gasteiger partial charge in [0.25, 0.3) is 0 Å². The second kappa shape index (κ2) is 8.18. The molecule has 0 saturated carbocycles. The lowest BCUT2D eigenvalue weighted by atomic mass is 9.93. The summed E-state index contributed by atoms with van der Waals surface area (Å²) in [7, 11) is 2.14. The molecular formula is C18H28N2O2. The van der Waals surface area contributed by atoms with Crippen LogP contribution in [-0.2, 0) is 4.79 Å². The van der Waals surface area contributed by atoms with E-state index in [1.165, 1.54) is 0 Å². The summed E-state index contributed by atoms with van der Waals surface area (Å²) in [6.45, 7) is 6.88. The van der Waals surface area contributed by atoms with Crippen LogP contribution < -0.4 is 10.1 Å². The number of rotatable bonds is 6. The van der Waals surface area contributed by atoms with Crippen molar-refractivity contribution in [2.45, 2.75) is 39.2 Å². The number of likely N-dealkylation sites (tertiary alicyclic amines) is 1. The Kier molecular flexibility index (Phi) is 6.25. The SMILES string of the molecule is CCOc1ccc(C(C)NC(=O)CC2CCN(C)CC2)cc1. The van der Waals surface area contributed by atoms with Gasteiger partial charge < -0.3 is 15.0 Å². The lowest BCUT2D eigenvalue weighted by molar-refractivity contribution is -0.123. The van der Waals surface area contributed by atoms with E-state index < -0.39 is 0 Å². The maximum atomic E-state index is 12.2. The van der Waals surface area contributed by atoms with Gasteiger partial charge >= 0.3 is 0 Å². The van der Waals surface area contributed by atoms with Gasteiger partial charge in [0.05, 0.1) is 12.6 Å². The second-order valence-corrected chi connectivity index (χ2v) is 6.24. The Labute approximate surface area is 133 Å². The van der Waals surface area contributed by atoms with Crippen LogP contribution in [0.25, 0.3) is 0 Å². The number of amides is 1. The quantitative estimate of drug-likeness (QED) is 0.878. The number of nitrogens with zero attached hydrogens (tertiary/aromatic N) is 1. The third-order valence-corrected chi connectivity index (χ3v) is 4.38. The van der Waals surface area contributed by atoms with Gasteiger partial charge in [0.1, 0.15) is 5.75 Å². The molecule has 2 rings (SSSR count). The van der Waals surface area contributed by atoms with Crippen molar-refractivity contribution in [3.63, 3.8) is 0 Å². The highest BCUT2D eigenvalue weighted by Gasteiger charge is 2.20. The molecule has 0 bridgehead atoms. The molecular weight excluding hydrogens is 276 g/mol. The van der Waals surface area contributed by atoms with E-state index in [1.807, 2.05) is 38.1 Å². The van der Waals surface area contributed by atoms with Crippen molar-refractivity contribution in [3.05, 3.63) is 29.8 Å². The Morgan fingerprint density at radius 2 is 1.95 bits per heavy atom. The maximum Gasteiger partial charge on any atom is 0.220 e. The van der Waals surface area contributed by atoms with Crippen LogP contribution in [0.15, 0.2) is 24.3 Å². The van der Waals surface area contributed by atoms with E-state index >= 15 is 0 Å². The van der Waals surface area contributed by atoms with Gasteiger partial charge in [-0.05, 0) is 70.4 Å². The van der Waals surface area contributed by atoms with E-state index in [4.69, 9.17) is 4.74 Å². The van der Waals surface area contributed by atoms with Crippen LogP contribution in [0.1, 0.15) is 44.7 Å². The summed E-state index contributed by atoms with van der Waals surface area (Å²) in [5.74, 6) is 1.57. The van der Waals surface area contributed by atoms with Crippen LogP contribution in [0, 0.1) is 5.92 Å². The van der Waals surface area contributed by atoms with Crippen molar-refractivity contribution < 1.29 is 9.53 Å². The lowest BCUT2D eigenvalue weighted by Gasteiger charge is -2.28. The maximum absolute atomic E-state index is 12.2. The van der Waals surface area contributed by atoms with Crippen LogP contribution in [0.3, 0.4) is 0 Å². The van der Waals surface area contributed by atoms with Crippen LogP contribution >= 0.6 is 0 Å². The molecule has 1 N–H and O–H groups in total. The first-order valence-electron chi connectivity index (χ1n) is 8.29. The molecule has 1 aliphatic rings. The summed E-state index contributed by atoms with van der Waals surface area (Å²) in [5.41, 5.74) is 1.11. The molecule has 0 spiro atoms. The average Bonchev–Trinajstić information content (AvgIpc) is 2.50. The first-order valence-corrected chi connectivity index (χ1v) is 8.29. The Morgan fingerprint density at radius 1 is 1.32 bits per heavy atom. The zero-order valence-electron chi connectivity index (χ0n) is 14.0. The molecule has 1 saturated heterocycles. The summed E-state index contributed by atoms with van der Waals surface area (Å²) in [4.78, 5) is 14.5. The summed E-state index contributed by atoms with van der Waals surface area (Å²) < 4.78 is 5.44. The highest BCUT2D eigenvalue weighted by atomic mass is 16.5. The molecule has 1 unspecified atom stereocenters. The van der Waals surface area contributed by atoms with Crippen LogP contribution in [-0.4, -0.2) is 37.6 Å². The number of benzene rings is 1. The Bertz CT molecular complexity index is 464. The standard InChI is InChI=1S/C18H28N2O2/c1-4-22-17-7-5-16(6-8-17)14(2)19-18(21)13-15-9-11-20(3)12-10-15/h5-8,14-15H,4,9-13H2,1-3H3,(H,19,21). The molecule has 4 nitrogen and oxygen atoms in total. The largest absolute Gasteiger partial charge is 0.494 e. The number of hydrogen-bond donors (Lipinski definition) is 1. The zero-order valence-corrected chi connectivity index (χ0v) is 14.0. The first kappa shape index (κ1) is 16.8. The average molecular weight is 304 g/mol. The Balaban J connectivity index is 1.80.